The minimum absolute atomic E-state index is 0.142. The first kappa shape index (κ1) is 14.9. The normalized spacial score (nSPS) is 10.7. The third-order valence-electron chi connectivity index (χ3n) is 2.75. The zero-order valence-electron chi connectivity index (χ0n) is 11.3. The standard InChI is InChI=1S/C12H19N5O2/c1-12(2,11(19)14-3)7-16-10(18)8-6-15-5-4-9(8)17-13/h4-6H,7,13H2,1-3H3,(H,14,19)(H,15,17)(H,16,18). The number of hydrogen-bond donors (Lipinski definition) is 4. The molecule has 0 bridgehead atoms. The number of hydrazine groups is 1. The van der Waals surface area contributed by atoms with Gasteiger partial charge in [0.05, 0.1) is 16.7 Å². The van der Waals surface area contributed by atoms with E-state index in [2.05, 4.69) is 21.0 Å². The Morgan fingerprint density at radius 1 is 1.42 bits per heavy atom. The minimum Gasteiger partial charge on any atom is -0.359 e. The van der Waals surface area contributed by atoms with Crippen molar-refractivity contribution < 1.29 is 9.59 Å². The average Bonchev–Trinajstić information content (AvgIpc) is 2.43. The van der Waals surface area contributed by atoms with Crippen LogP contribution in [0.5, 0.6) is 0 Å². The Hall–Kier alpha value is -2.15. The van der Waals surface area contributed by atoms with Crippen LogP contribution in [0.1, 0.15) is 24.2 Å². The Balaban J connectivity index is 2.73. The SMILES string of the molecule is CNC(=O)C(C)(C)CNC(=O)c1cnccc1NN. The zero-order chi connectivity index (χ0) is 14.5. The highest BCUT2D eigenvalue weighted by atomic mass is 16.2. The molecular weight excluding hydrogens is 246 g/mol. The molecule has 0 aliphatic rings. The predicted molar refractivity (Wildman–Crippen MR) is 72.2 cm³/mol. The van der Waals surface area contributed by atoms with Crippen molar-refractivity contribution in [3.05, 3.63) is 24.0 Å². The number of carbonyl (C=O) groups is 2. The van der Waals surface area contributed by atoms with Crippen molar-refractivity contribution >= 4 is 17.5 Å². The molecule has 1 heterocycles. The van der Waals surface area contributed by atoms with Gasteiger partial charge >= 0.3 is 0 Å². The molecule has 1 aromatic heterocycles. The number of nitrogens with two attached hydrogens (primary N) is 1. The molecule has 1 aromatic rings. The summed E-state index contributed by atoms with van der Waals surface area (Å²) in [6.45, 7) is 3.71. The van der Waals surface area contributed by atoms with Crippen molar-refractivity contribution in [1.29, 1.82) is 0 Å². The Morgan fingerprint density at radius 2 is 2.11 bits per heavy atom. The summed E-state index contributed by atoms with van der Waals surface area (Å²) in [4.78, 5) is 27.5. The predicted octanol–water partition coefficient (Wildman–Crippen LogP) is -0.131. The van der Waals surface area contributed by atoms with Gasteiger partial charge in [-0.05, 0) is 19.9 Å². The van der Waals surface area contributed by atoms with Gasteiger partial charge in [0, 0.05) is 26.0 Å². The first-order chi connectivity index (χ1) is 8.92. The van der Waals surface area contributed by atoms with E-state index in [9.17, 15) is 9.59 Å². The van der Waals surface area contributed by atoms with Crippen molar-refractivity contribution in [3.8, 4) is 0 Å². The topological polar surface area (TPSA) is 109 Å². The fraction of sp³-hybridized carbons (Fsp3) is 0.417. The minimum atomic E-state index is -0.692. The van der Waals surface area contributed by atoms with Crippen molar-refractivity contribution in [1.82, 2.24) is 15.6 Å². The summed E-state index contributed by atoms with van der Waals surface area (Å²) in [6, 6.07) is 1.60. The summed E-state index contributed by atoms with van der Waals surface area (Å²) in [5.74, 6) is 4.84. The van der Waals surface area contributed by atoms with Crippen LogP contribution in [0.15, 0.2) is 18.5 Å². The number of nitrogens with zero attached hydrogens (tertiary/aromatic N) is 1. The van der Waals surface area contributed by atoms with Crippen LogP contribution in [0.3, 0.4) is 0 Å². The van der Waals surface area contributed by atoms with Crippen LogP contribution in [-0.2, 0) is 4.79 Å². The third-order valence-corrected chi connectivity index (χ3v) is 2.75. The van der Waals surface area contributed by atoms with Crippen molar-refractivity contribution in [2.45, 2.75) is 13.8 Å². The molecule has 0 aromatic carbocycles. The number of pyridine rings is 1. The summed E-state index contributed by atoms with van der Waals surface area (Å²) >= 11 is 0. The lowest BCUT2D eigenvalue weighted by molar-refractivity contribution is -0.128. The lowest BCUT2D eigenvalue weighted by atomic mass is 9.92. The molecule has 5 N–H and O–H groups in total. The number of anilines is 1. The first-order valence-electron chi connectivity index (χ1n) is 5.83. The summed E-state index contributed by atoms with van der Waals surface area (Å²) in [5.41, 5.74) is 2.54. The van der Waals surface area contributed by atoms with Crippen LogP contribution in [0, 0.1) is 5.41 Å². The van der Waals surface area contributed by atoms with E-state index in [0.717, 1.165) is 0 Å². The van der Waals surface area contributed by atoms with Gasteiger partial charge in [-0.3, -0.25) is 20.4 Å². The second-order valence-electron chi connectivity index (χ2n) is 4.71. The van der Waals surface area contributed by atoms with Crippen molar-refractivity contribution in [2.75, 3.05) is 19.0 Å². The van der Waals surface area contributed by atoms with Crippen LogP contribution < -0.4 is 21.9 Å². The molecule has 0 spiro atoms. The van der Waals surface area contributed by atoms with Gasteiger partial charge < -0.3 is 16.1 Å². The summed E-state index contributed by atoms with van der Waals surface area (Å²) in [5, 5.41) is 5.25. The molecule has 7 heteroatoms. The lowest BCUT2D eigenvalue weighted by Gasteiger charge is -2.23. The molecule has 19 heavy (non-hydrogen) atoms. The quantitative estimate of drug-likeness (QED) is 0.438. The number of nitrogens with one attached hydrogen (secondary N) is 3. The van der Waals surface area contributed by atoms with E-state index < -0.39 is 5.41 Å². The zero-order valence-corrected chi connectivity index (χ0v) is 11.3. The van der Waals surface area contributed by atoms with E-state index in [-0.39, 0.29) is 18.4 Å². The maximum Gasteiger partial charge on any atom is 0.255 e. The molecule has 0 atom stereocenters. The van der Waals surface area contributed by atoms with E-state index >= 15 is 0 Å². The molecule has 1 rings (SSSR count). The second-order valence-corrected chi connectivity index (χ2v) is 4.71. The van der Waals surface area contributed by atoms with Crippen LogP contribution in [0.4, 0.5) is 5.69 Å². The van der Waals surface area contributed by atoms with Crippen LogP contribution in [0.25, 0.3) is 0 Å². The summed E-state index contributed by atoms with van der Waals surface area (Å²) < 4.78 is 0. The van der Waals surface area contributed by atoms with Gasteiger partial charge in [0.2, 0.25) is 5.91 Å². The maximum atomic E-state index is 12.0. The largest absolute Gasteiger partial charge is 0.359 e. The molecule has 0 radical (unpaired) electrons. The molecule has 0 aliphatic heterocycles. The molecule has 7 nitrogen and oxygen atoms in total. The van der Waals surface area contributed by atoms with Gasteiger partial charge in [-0.2, -0.15) is 0 Å². The molecule has 0 fully saturated rings. The van der Waals surface area contributed by atoms with E-state index in [4.69, 9.17) is 5.84 Å². The maximum absolute atomic E-state index is 12.0. The smallest absolute Gasteiger partial charge is 0.255 e. The molecule has 0 aliphatic carbocycles. The van der Waals surface area contributed by atoms with Gasteiger partial charge in [-0.15, -0.1) is 0 Å². The number of amides is 2. The van der Waals surface area contributed by atoms with Crippen molar-refractivity contribution in [2.24, 2.45) is 11.3 Å². The Morgan fingerprint density at radius 3 is 2.68 bits per heavy atom. The number of rotatable bonds is 5. The average molecular weight is 265 g/mol. The second kappa shape index (κ2) is 6.14. The van der Waals surface area contributed by atoms with Gasteiger partial charge in [0.1, 0.15) is 0 Å². The molecular formula is C12H19N5O2. The van der Waals surface area contributed by atoms with Gasteiger partial charge in [0.15, 0.2) is 0 Å². The van der Waals surface area contributed by atoms with Gasteiger partial charge in [-0.25, -0.2) is 0 Å². The number of nitrogen functional groups attached to an aromatic ring is 1. The summed E-state index contributed by atoms with van der Waals surface area (Å²) in [7, 11) is 1.56. The fourth-order valence-electron chi connectivity index (χ4n) is 1.52. The lowest BCUT2D eigenvalue weighted by Crippen LogP contribution is -2.43. The van der Waals surface area contributed by atoms with Crippen molar-refractivity contribution in [3.63, 3.8) is 0 Å². The molecule has 0 saturated heterocycles. The molecule has 104 valence electrons. The van der Waals surface area contributed by atoms with Crippen LogP contribution in [-0.4, -0.2) is 30.4 Å². The third kappa shape index (κ3) is 3.65. The van der Waals surface area contributed by atoms with Gasteiger partial charge in [0.25, 0.3) is 5.91 Å². The Labute approximate surface area is 111 Å². The molecule has 2 amide bonds. The Bertz CT molecular complexity index is 473. The van der Waals surface area contributed by atoms with Gasteiger partial charge in [-0.1, -0.05) is 0 Å². The highest BCUT2D eigenvalue weighted by molar-refractivity contribution is 5.99. The molecule has 0 saturated carbocycles. The van der Waals surface area contributed by atoms with Crippen LogP contribution in [0.2, 0.25) is 0 Å². The Kier molecular flexibility index (Phi) is 4.82. The van der Waals surface area contributed by atoms with Crippen LogP contribution >= 0.6 is 0 Å². The number of carbonyl (C=O) groups excluding carboxylic acids is 2. The van der Waals surface area contributed by atoms with E-state index in [0.29, 0.717) is 11.3 Å². The number of hydrogen-bond acceptors (Lipinski definition) is 5. The highest BCUT2D eigenvalue weighted by Gasteiger charge is 2.27. The molecule has 0 unspecified atom stereocenters. The first-order valence-corrected chi connectivity index (χ1v) is 5.83. The highest BCUT2D eigenvalue weighted by Crippen LogP contribution is 2.15. The number of aromatic nitrogens is 1. The van der Waals surface area contributed by atoms with E-state index in [1.54, 1.807) is 27.0 Å². The van der Waals surface area contributed by atoms with E-state index in [1.165, 1.54) is 12.4 Å². The van der Waals surface area contributed by atoms with E-state index in [1.807, 2.05) is 0 Å². The monoisotopic (exact) mass is 265 g/mol. The fourth-order valence-corrected chi connectivity index (χ4v) is 1.52. The summed E-state index contributed by atoms with van der Waals surface area (Å²) in [6.07, 6.45) is 2.94.